The maximum Gasteiger partial charge on any atom is 0.191 e. The highest BCUT2D eigenvalue weighted by molar-refractivity contribution is 5.79. The number of hydrogen-bond donors (Lipinski definition) is 2. The van der Waals surface area contributed by atoms with Gasteiger partial charge in [0.05, 0.1) is 13.7 Å². The summed E-state index contributed by atoms with van der Waals surface area (Å²) in [5.74, 6) is 2.39. The van der Waals surface area contributed by atoms with E-state index in [9.17, 15) is 0 Å². The summed E-state index contributed by atoms with van der Waals surface area (Å²) < 4.78 is 11.1. The summed E-state index contributed by atoms with van der Waals surface area (Å²) in [6.45, 7) is 4.64. The molecule has 2 N–H and O–H groups in total. The first kappa shape index (κ1) is 19.1. The summed E-state index contributed by atoms with van der Waals surface area (Å²) in [4.78, 5) is 6.38. The third-order valence-electron chi connectivity index (χ3n) is 3.23. The van der Waals surface area contributed by atoms with E-state index in [2.05, 4.69) is 34.6 Å². The van der Waals surface area contributed by atoms with Crippen LogP contribution in [0.5, 0.6) is 11.5 Å². The molecule has 1 rings (SSSR count). The third kappa shape index (κ3) is 8.30. The zero-order chi connectivity index (χ0) is 17.1. The average Bonchev–Trinajstić information content (AvgIpc) is 2.54. The first-order valence-electron chi connectivity index (χ1n) is 7.95. The molecule has 23 heavy (non-hydrogen) atoms. The Bertz CT molecular complexity index is 477. The van der Waals surface area contributed by atoms with Crippen LogP contribution >= 0.6 is 0 Å². The lowest BCUT2D eigenvalue weighted by atomic mass is 10.3. The maximum absolute atomic E-state index is 5.88. The van der Waals surface area contributed by atoms with Gasteiger partial charge in [-0.3, -0.25) is 4.99 Å². The molecule has 1 aromatic carbocycles. The number of methoxy groups -OCH3 is 1. The fourth-order valence-corrected chi connectivity index (χ4v) is 2.01. The van der Waals surface area contributed by atoms with Crippen molar-refractivity contribution in [3.63, 3.8) is 0 Å². The Labute approximate surface area is 139 Å². The number of nitrogens with one attached hydrogen (secondary N) is 2. The maximum atomic E-state index is 5.88. The average molecular weight is 322 g/mol. The molecule has 0 aliphatic rings. The highest BCUT2D eigenvalue weighted by Gasteiger charge is 2.06. The van der Waals surface area contributed by atoms with Crippen LogP contribution in [0.4, 0.5) is 0 Å². The Kier molecular flexibility index (Phi) is 8.90. The Hall–Kier alpha value is -1.95. The van der Waals surface area contributed by atoms with E-state index in [1.165, 1.54) is 0 Å². The molecule has 1 aromatic rings. The minimum atomic E-state index is 0.0161. The third-order valence-corrected chi connectivity index (χ3v) is 3.23. The van der Waals surface area contributed by atoms with Gasteiger partial charge in [0.1, 0.15) is 17.6 Å². The number of hydrogen-bond acceptors (Lipinski definition) is 4. The Balaban J connectivity index is 2.31. The number of nitrogens with zero attached hydrogens (tertiary/aromatic N) is 2. The molecule has 0 aromatic heterocycles. The summed E-state index contributed by atoms with van der Waals surface area (Å²) in [6, 6.07) is 7.62. The molecular weight excluding hydrogens is 292 g/mol. The van der Waals surface area contributed by atoms with Crippen LogP contribution in [0.2, 0.25) is 0 Å². The van der Waals surface area contributed by atoms with Gasteiger partial charge in [-0.25, -0.2) is 0 Å². The van der Waals surface area contributed by atoms with Crippen LogP contribution < -0.4 is 20.1 Å². The minimum Gasteiger partial charge on any atom is -0.497 e. The van der Waals surface area contributed by atoms with Gasteiger partial charge in [0, 0.05) is 19.7 Å². The van der Waals surface area contributed by atoms with E-state index in [-0.39, 0.29) is 6.10 Å². The Morgan fingerprint density at radius 2 is 2.00 bits per heavy atom. The van der Waals surface area contributed by atoms with E-state index in [1.54, 1.807) is 14.2 Å². The lowest BCUT2D eigenvalue weighted by Crippen LogP contribution is -2.42. The molecule has 0 saturated heterocycles. The van der Waals surface area contributed by atoms with Crippen molar-refractivity contribution in [2.75, 3.05) is 47.9 Å². The molecule has 0 fully saturated rings. The van der Waals surface area contributed by atoms with Gasteiger partial charge < -0.3 is 25.0 Å². The first-order valence-corrected chi connectivity index (χ1v) is 7.95. The van der Waals surface area contributed by atoms with Gasteiger partial charge in [-0.2, -0.15) is 0 Å². The number of guanidine groups is 1. The molecule has 1 unspecified atom stereocenters. The molecule has 1 atom stereocenters. The lowest BCUT2D eigenvalue weighted by Gasteiger charge is -2.18. The van der Waals surface area contributed by atoms with Crippen molar-refractivity contribution in [1.29, 1.82) is 0 Å². The number of ether oxygens (including phenoxy) is 2. The minimum absolute atomic E-state index is 0.0161. The molecule has 6 heteroatoms. The molecule has 0 bridgehead atoms. The number of benzene rings is 1. The van der Waals surface area contributed by atoms with E-state index in [0.717, 1.165) is 37.0 Å². The van der Waals surface area contributed by atoms with Crippen molar-refractivity contribution in [2.45, 2.75) is 19.4 Å². The van der Waals surface area contributed by atoms with Gasteiger partial charge in [-0.1, -0.05) is 6.07 Å². The van der Waals surface area contributed by atoms with Crippen LogP contribution in [-0.4, -0.2) is 64.9 Å². The van der Waals surface area contributed by atoms with Crippen molar-refractivity contribution in [3.8, 4) is 11.5 Å². The molecule has 0 amide bonds. The first-order chi connectivity index (χ1) is 11.0. The summed E-state index contributed by atoms with van der Waals surface area (Å²) in [7, 11) is 7.57. The van der Waals surface area contributed by atoms with Gasteiger partial charge in [0.2, 0.25) is 0 Å². The molecule has 6 nitrogen and oxygen atoms in total. The lowest BCUT2D eigenvalue weighted by molar-refractivity contribution is 0.223. The van der Waals surface area contributed by atoms with Crippen molar-refractivity contribution in [2.24, 2.45) is 4.99 Å². The molecular formula is C17H30N4O2. The largest absolute Gasteiger partial charge is 0.497 e. The fourth-order valence-electron chi connectivity index (χ4n) is 2.01. The molecule has 0 radical (unpaired) electrons. The van der Waals surface area contributed by atoms with Crippen molar-refractivity contribution in [1.82, 2.24) is 15.5 Å². The quantitative estimate of drug-likeness (QED) is 0.411. The van der Waals surface area contributed by atoms with Crippen LogP contribution in [0.3, 0.4) is 0 Å². The SMILES string of the molecule is CN=C(NCCCN(C)C)NCC(C)Oc1cccc(OC)c1. The normalized spacial score (nSPS) is 12.9. The second-order valence-electron chi connectivity index (χ2n) is 5.64. The standard InChI is InChI=1S/C17H30N4O2/c1-14(23-16-9-6-8-15(12-16)22-5)13-20-17(18-2)19-10-7-11-21(3)4/h6,8-9,12,14H,7,10-11,13H2,1-5H3,(H2,18,19,20). The van der Waals surface area contributed by atoms with Gasteiger partial charge in [0.15, 0.2) is 5.96 Å². The number of rotatable bonds is 9. The van der Waals surface area contributed by atoms with Crippen LogP contribution in [0, 0.1) is 0 Å². The van der Waals surface area contributed by atoms with Crippen LogP contribution in [0.1, 0.15) is 13.3 Å². The second-order valence-corrected chi connectivity index (χ2v) is 5.64. The highest BCUT2D eigenvalue weighted by Crippen LogP contribution is 2.19. The zero-order valence-corrected chi connectivity index (χ0v) is 14.9. The zero-order valence-electron chi connectivity index (χ0n) is 14.9. The van der Waals surface area contributed by atoms with Gasteiger partial charge >= 0.3 is 0 Å². The van der Waals surface area contributed by atoms with E-state index < -0.39 is 0 Å². The topological polar surface area (TPSA) is 58.1 Å². The summed E-state index contributed by atoms with van der Waals surface area (Å²) >= 11 is 0. The molecule has 0 aliphatic heterocycles. The summed E-state index contributed by atoms with van der Waals surface area (Å²) in [5.41, 5.74) is 0. The molecule has 0 spiro atoms. The van der Waals surface area contributed by atoms with Crippen LogP contribution in [0.25, 0.3) is 0 Å². The van der Waals surface area contributed by atoms with Crippen LogP contribution in [-0.2, 0) is 0 Å². The van der Waals surface area contributed by atoms with E-state index in [4.69, 9.17) is 9.47 Å². The predicted molar refractivity (Wildman–Crippen MR) is 95.6 cm³/mol. The van der Waals surface area contributed by atoms with Gasteiger partial charge in [-0.05, 0) is 46.1 Å². The molecule has 0 aliphatic carbocycles. The smallest absolute Gasteiger partial charge is 0.191 e. The second kappa shape index (κ2) is 10.7. The molecule has 0 saturated carbocycles. The summed E-state index contributed by atoms with van der Waals surface area (Å²) in [5, 5.41) is 6.57. The summed E-state index contributed by atoms with van der Waals surface area (Å²) in [6.07, 6.45) is 1.09. The van der Waals surface area contributed by atoms with Crippen molar-refractivity contribution in [3.05, 3.63) is 24.3 Å². The van der Waals surface area contributed by atoms with Gasteiger partial charge in [0.25, 0.3) is 0 Å². The van der Waals surface area contributed by atoms with Gasteiger partial charge in [-0.15, -0.1) is 0 Å². The monoisotopic (exact) mass is 322 g/mol. The highest BCUT2D eigenvalue weighted by atomic mass is 16.5. The van der Waals surface area contributed by atoms with E-state index in [0.29, 0.717) is 6.54 Å². The van der Waals surface area contributed by atoms with Crippen molar-refractivity contribution < 1.29 is 9.47 Å². The predicted octanol–water partition coefficient (Wildman–Crippen LogP) is 1.58. The number of aliphatic imine (C=N–C) groups is 1. The van der Waals surface area contributed by atoms with E-state index in [1.807, 2.05) is 31.2 Å². The fraction of sp³-hybridized carbons (Fsp3) is 0.588. The Morgan fingerprint density at radius 3 is 2.65 bits per heavy atom. The molecule has 0 heterocycles. The van der Waals surface area contributed by atoms with Crippen molar-refractivity contribution >= 4 is 5.96 Å². The Morgan fingerprint density at radius 1 is 1.26 bits per heavy atom. The molecule has 130 valence electrons. The van der Waals surface area contributed by atoms with Crippen LogP contribution in [0.15, 0.2) is 29.3 Å². The van der Waals surface area contributed by atoms with E-state index >= 15 is 0 Å².